The van der Waals surface area contributed by atoms with Crippen LogP contribution in [0, 0.1) is 5.92 Å². The highest BCUT2D eigenvalue weighted by Gasteiger charge is 2.45. The molecule has 2 atom stereocenters. The summed E-state index contributed by atoms with van der Waals surface area (Å²) in [5.41, 5.74) is 1.37. The Morgan fingerprint density at radius 1 is 1.03 bits per heavy atom. The maximum atomic E-state index is 12.8. The van der Waals surface area contributed by atoms with Gasteiger partial charge in [-0.25, -0.2) is 0 Å². The van der Waals surface area contributed by atoms with Crippen LogP contribution in [0.1, 0.15) is 55.2 Å². The van der Waals surface area contributed by atoms with E-state index < -0.39 is 17.8 Å². The lowest BCUT2D eigenvalue weighted by Gasteiger charge is -2.48. The Morgan fingerprint density at radius 3 is 2.31 bits per heavy atom. The van der Waals surface area contributed by atoms with Crippen molar-refractivity contribution in [1.29, 1.82) is 0 Å². The summed E-state index contributed by atoms with van der Waals surface area (Å²) in [6.45, 7) is 2.60. The normalized spacial score (nSPS) is 22.3. The zero-order chi connectivity index (χ0) is 22.8. The predicted molar refractivity (Wildman–Crippen MR) is 122 cm³/mol. The monoisotopic (exact) mass is 465 g/mol. The average Bonchev–Trinajstić information content (AvgIpc) is 2.73. The smallest absolute Gasteiger partial charge is 0.391 e. The van der Waals surface area contributed by atoms with Gasteiger partial charge in [0.15, 0.2) is 0 Å². The second-order valence-electron chi connectivity index (χ2n) is 9.53. The van der Waals surface area contributed by atoms with Crippen LogP contribution in [0.3, 0.4) is 0 Å². The molecule has 2 aromatic carbocycles. The SMILES string of the molecule is OC(CN1CCC[C@@H](CCc2ccc(C(F)(F)F)cc2)C1)C1(c2ccc(Cl)cc2)CCC1. The number of aliphatic hydroxyl groups is 1. The summed E-state index contributed by atoms with van der Waals surface area (Å²) in [7, 11) is 0. The maximum absolute atomic E-state index is 12.8. The third-order valence-electron chi connectivity index (χ3n) is 7.46. The van der Waals surface area contributed by atoms with Crippen LogP contribution in [0.4, 0.5) is 13.2 Å². The number of likely N-dealkylation sites (tertiary alicyclic amines) is 1. The topological polar surface area (TPSA) is 23.5 Å². The van der Waals surface area contributed by atoms with E-state index in [4.69, 9.17) is 11.6 Å². The molecule has 174 valence electrons. The van der Waals surface area contributed by atoms with E-state index in [2.05, 4.69) is 4.90 Å². The van der Waals surface area contributed by atoms with Crippen LogP contribution >= 0.6 is 11.6 Å². The molecule has 1 aliphatic heterocycles. The van der Waals surface area contributed by atoms with Gasteiger partial charge in [-0.3, -0.25) is 0 Å². The summed E-state index contributed by atoms with van der Waals surface area (Å²) in [5, 5.41) is 11.9. The number of alkyl halides is 3. The lowest BCUT2D eigenvalue weighted by molar-refractivity contribution is -0.137. The number of nitrogens with zero attached hydrogens (tertiary/aromatic N) is 1. The minimum atomic E-state index is -4.28. The van der Waals surface area contributed by atoms with Gasteiger partial charge < -0.3 is 10.0 Å². The van der Waals surface area contributed by atoms with E-state index >= 15 is 0 Å². The van der Waals surface area contributed by atoms with Crippen molar-refractivity contribution in [2.45, 2.75) is 62.6 Å². The molecule has 0 spiro atoms. The van der Waals surface area contributed by atoms with Crippen LogP contribution in [-0.2, 0) is 18.0 Å². The van der Waals surface area contributed by atoms with E-state index in [0.29, 0.717) is 17.5 Å². The second-order valence-corrected chi connectivity index (χ2v) is 9.97. The minimum Gasteiger partial charge on any atom is -0.391 e. The predicted octanol–water partition coefficient (Wildman–Crippen LogP) is 6.49. The van der Waals surface area contributed by atoms with Crippen molar-refractivity contribution < 1.29 is 18.3 Å². The fourth-order valence-electron chi connectivity index (χ4n) is 5.36. The first kappa shape index (κ1) is 23.6. The molecule has 2 fully saturated rings. The number of piperidine rings is 1. The van der Waals surface area contributed by atoms with Gasteiger partial charge >= 0.3 is 6.18 Å². The highest BCUT2D eigenvalue weighted by Crippen LogP contribution is 2.47. The molecule has 0 radical (unpaired) electrons. The zero-order valence-electron chi connectivity index (χ0n) is 18.3. The molecule has 1 saturated heterocycles. The van der Waals surface area contributed by atoms with Crippen molar-refractivity contribution in [2.75, 3.05) is 19.6 Å². The molecular formula is C26H31ClF3NO. The van der Waals surface area contributed by atoms with Gasteiger partial charge in [0, 0.05) is 23.5 Å². The molecule has 2 nitrogen and oxygen atoms in total. The van der Waals surface area contributed by atoms with Gasteiger partial charge in [0.2, 0.25) is 0 Å². The third kappa shape index (κ3) is 5.32. The van der Waals surface area contributed by atoms with Crippen LogP contribution in [0.2, 0.25) is 5.02 Å². The minimum absolute atomic E-state index is 0.169. The van der Waals surface area contributed by atoms with Gasteiger partial charge in [-0.1, -0.05) is 42.3 Å². The highest BCUT2D eigenvalue weighted by molar-refractivity contribution is 6.30. The number of aliphatic hydroxyl groups excluding tert-OH is 1. The molecule has 6 heteroatoms. The van der Waals surface area contributed by atoms with E-state index in [1.54, 1.807) is 12.1 Å². The molecule has 1 heterocycles. The lowest BCUT2D eigenvalue weighted by Crippen LogP contribution is -2.52. The molecular weight excluding hydrogens is 435 g/mol. The van der Waals surface area contributed by atoms with Crippen molar-refractivity contribution in [1.82, 2.24) is 4.90 Å². The average molecular weight is 466 g/mol. The quantitative estimate of drug-likeness (QED) is 0.505. The zero-order valence-corrected chi connectivity index (χ0v) is 19.0. The molecule has 1 N–H and O–H groups in total. The summed E-state index contributed by atoms with van der Waals surface area (Å²) in [6, 6.07) is 13.5. The van der Waals surface area contributed by atoms with Gasteiger partial charge in [0.05, 0.1) is 11.7 Å². The molecule has 0 bridgehead atoms. The van der Waals surface area contributed by atoms with Crippen LogP contribution < -0.4 is 0 Å². The summed E-state index contributed by atoms with van der Waals surface area (Å²) in [6.07, 6.45) is 2.41. The van der Waals surface area contributed by atoms with Gasteiger partial charge in [-0.15, -0.1) is 0 Å². The standard InChI is InChI=1S/C26H31ClF3NO/c27-23-12-10-21(11-13-23)25(14-2-15-25)24(32)18-31-16-1-3-20(17-31)5-4-19-6-8-22(9-7-19)26(28,29)30/h6-13,20,24,32H,1-5,14-18H2/t20-,24?/m0/s1. The van der Waals surface area contributed by atoms with Crippen LogP contribution in [0.15, 0.2) is 48.5 Å². The Kier molecular flexibility index (Phi) is 7.18. The number of benzene rings is 2. The van der Waals surface area contributed by atoms with Crippen molar-refractivity contribution in [3.05, 3.63) is 70.2 Å². The number of hydrogen-bond acceptors (Lipinski definition) is 2. The molecule has 0 amide bonds. The maximum Gasteiger partial charge on any atom is 0.416 e. The highest BCUT2D eigenvalue weighted by atomic mass is 35.5. The van der Waals surface area contributed by atoms with Gasteiger partial charge in [-0.05, 0) is 86.4 Å². The number of aryl methyl sites for hydroxylation is 1. The van der Waals surface area contributed by atoms with E-state index in [1.165, 1.54) is 17.7 Å². The Labute approximate surface area is 193 Å². The second kappa shape index (κ2) is 9.74. The van der Waals surface area contributed by atoms with Crippen LogP contribution in [-0.4, -0.2) is 35.7 Å². The van der Waals surface area contributed by atoms with Gasteiger partial charge in [0.1, 0.15) is 0 Å². The van der Waals surface area contributed by atoms with Crippen molar-refractivity contribution >= 4 is 11.6 Å². The van der Waals surface area contributed by atoms with Crippen molar-refractivity contribution in [3.63, 3.8) is 0 Å². The summed E-state index contributed by atoms with van der Waals surface area (Å²) < 4.78 is 38.3. The largest absolute Gasteiger partial charge is 0.416 e. The molecule has 32 heavy (non-hydrogen) atoms. The van der Waals surface area contributed by atoms with Gasteiger partial charge in [-0.2, -0.15) is 13.2 Å². The van der Waals surface area contributed by atoms with E-state index in [0.717, 1.165) is 63.6 Å². The fourth-order valence-corrected chi connectivity index (χ4v) is 5.48. The first-order chi connectivity index (χ1) is 15.3. The molecule has 1 unspecified atom stereocenters. The Morgan fingerprint density at radius 2 is 1.72 bits per heavy atom. The molecule has 0 aromatic heterocycles. The molecule has 2 aliphatic rings. The van der Waals surface area contributed by atoms with E-state index in [1.807, 2.05) is 24.3 Å². The summed E-state index contributed by atoms with van der Waals surface area (Å²) in [5.74, 6) is 0.506. The third-order valence-corrected chi connectivity index (χ3v) is 7.71. The molecule has 1 saturated carbocycles. The molecule has 2 aromatic rings. The Hall–Kier alpha value is -1.56. The number of rotatable bonds is 7. The number of hydrogen-bond donors (Lipinski definition) is 1. The Balaban J connectivity index is 1.31. The van der Waals surface area contributed by atoms with Gasteiger partial charge in [0.25, 0.3) is 0 Å². The first-order valence-corrected chi connectivity index (χ1v) is 12.0. The lowest BCUT2D eigenvalue weighted by atomic mass is 9.61. The summed E-state index contributed by atoms with van der Waals surface area (Å²) >= 11 is 6.06. The fraction of sp³-hybridized carbons (Fsp3) is 0.538. The summed E-state index contributed by atoms with van der Waals surface area (Å²) in [4.78, 5) is 2.38. The number of halogens is 4. The number of β-amino-alcohol motifs (C(OH)–C–C–N with tert-alkyl or cyclic N) is 1. The van der Waals surface area contributed by atoms with E-state index in [9.17, 15) is 18.3 Å². The van der Waals surface area contributed by atoms with Crippen molar-refractivity contribution in [3.8, 4) is 0 Å². The first-order valence-electron chi connectivity index (χ1n) is 11.6. The van der Waals surface area contributed by atoms with Crippen LogP contribution in [0.5, 0.6) is 0 Å². The van der Waals surface area contributed by atoms with Crippen LogP contribution in [0.25, 0.3) is 0 Å². The Bertz CT molecular complexity index is 877. The van der Waals surface area contributed by atoms with Crippen molar-refractivity contribution in [2.24, 2.45) is 5.92 Å². The molecule has 1 aliphatic carbocycles. The molecule has 4 rings (SSSR count). The van der Waals surface area contributed by atoms with E-state index in [-0.39, 0.29) is 5.41 Å².